The molecule has 3 aromatic heterocycles. The van der Waals surface area contributed by atoms with Crippen molar-refractivity contribution in [1.29, 1.82) is 0 Å². The van der Waals surface area contributed by atoms with Crippen LogP contribution in [0.25, 0.3) is 0 Å². The van der Waals surface area contributed by atoms with Gasteiger partial charge in [0.25, 0.3) is 0 Å². The predicted octanol–water partition coefficient (Wildman–Crippen LogP) is 11.1. The van der Waals surface area contributed by atoms with Crippen LogP contribution in [0.15, 0.2) is 119 Å². The number of pyridine rings is 3. The number of ether oxygens (including phenoxy) is 3. The molecule has 0 fully saturated rings. The van der Waals surface area contributed by atoms with Crippen LogP contribution in [0.4, 0.5) is 32.0 Å². The number of alkyl halides is 6. The summed E-state index contributed by atoms with van der Waals surface area (Å²) in [6, 6.07) is 13.9. The molecule has 1 aliphatic heterocycles. The van der Waals surface area contributed by atoms with E-state index in [9.17, 15) is 46.5 Å². The van der Waals surface area contributed by atoms with E-state index >= 15 is 0 Å². The predicted molar refractivity (Wildman–Crippen MR) is 225 cm³/mol. The molecule has 6 rings (SSSR count). The van der Waals surface area contributed by atoms with Crippen molar-refractivity contribution >= 4 is 34.9 Å². The van der Waals surface area contributed by atoms with Crippen LogP contribution in [0.2, 0.25) is 10.0 Å². The number of carboxylic acids is 1. The normalized spacial score (nSPS) is 16.1. The van der Waals surface area contributed by atoms with Crippen molar-refractivity contribution in [2.24, 2.45) is 10.2 Å². The Morgan fingerprint density at radius 3 is 1.69 bits per heavy atom. The van der Waals surface area contributed by atoms with Gasteiger partial charge < -0.3 is 29.5 Å². The first-order valence-corrected chi connectivity index (χ1v) is 20.3. The first-order valence-electron chi connectivity index (χ1n) is 19.5. The molecule has 0 saturated carbocycles. The minimum atomic E-state index is -5.09. The zero-order chi connectivity index (χ0) is 47.5. The number of hydrogen-bond acceptors (Lipinski definition) is 11. The molecule has 1 aliphatic rings. The molecule has 2 aromatic carbocycles. The summed E-state index contributed by atoms with van der Waals surface area (Å²) in [4.78, 5) is 23.9. The average molecular weight is 947 g/mol. The van der Waals surface area contributed by atoms with E-state index in [4.69, 9.17) is 37.4 Å². The maximum atomic E-state index is 14.5. The molecule has 0 bridgehead atoms. The summed E-state index contributed by atoms with van der Waals surface area (Å²) in [5, 5.41) is 40.2. The van der Waals surface area contributed by atoms with Gasteiger partial charge in [0.2, 0.25) is 5.88 Å². The Kier molecular flexibility index (Phi) is 14.3. The molecule has 20 heteroatoms. The number of halogens is 8. The van der Waals surface area contributed by atoms with Gasteiger partial charge in [-0.2, -0.15) is 26.3 Å². The van der Waals surface area contributed by atoms with E-state index in [1.807, 2.05) is 0 Å². The highest BCUT2D eigenvalue weighted by atomic mass is 35.5. The van der Waals surface area contributed by atoms with Gasteiger partial charge in [0.05, 0.1) is 0 Å². The third kappa shape index (κ3) is 10.3. The molecule has 0 saturated heterocycles. The number of carboxylic acid groups (broad SMARTS) is 1. The fourth-order valence-corrected chi connectivity index (χ4v) is 7.86. The number of aromatic nitrogens is 3. The van der Waals surface area contributed by atoms with Crippen LogP contribution in [-0.2, 0) is 22.5 Å². The summed E-state index contributed by atoms with van der Waals surface area (Å²) in [5.74, 6) is -4.30. The van der Waals surface area contributed by atoms with Crippen molar-refractivity contribution in [2.45, 2.75) is 69.7 Å². The molecule has 4 unspecified atom stereocenters. The topological polar surface area (TPSA) is 169 Å². The maximum Gasteiger partial charge on any atom is 0.422 e. The van der Waals surface area contributed by atoms with Gasteiger partial charge in [-0.3, -0.25) is 9.97 Å². The van der Waals surface area contributed by atoms with Crippen molar-refractivity contribution in [3.63, 3.8) is 0 Å². The Morgan fingerprint density at radius 2 is 1.23 bits per heavy atom. The number of carbonyl (C=O) groups is 1. The van der Waals surface area contributed by atoms with Crippen molar-refractivity contribution in [1.82, 2.24) is 15.0 Å². The fraction of sp³-hybridized carbons (Fsp3) is 0.289. The molecule has 0 radical (unpaired) electrons. The van der Waals surface area contributed by atoms with Gasteiger partial charge in [-0.05, 0) is 102 Å². The number of aliphatic hydroxyl groups is 2. The average Bonchev–Trinajstić information content (AvgIpc) is 3.25. The molecular weight excluding hydrogens is 907 g/mol. The molecular formula is C45H39Cl2F6N5O7. The van der Waals surface area contributed by atoms with Crippen LogP contribution in [-0.4, -0.2) is 61.8 Å². The standard InChI is InChI=1S/C45H39Cl2F6N5O7/c1-24-17-30(10-14-54-24)42(61,44(48,49)50)26(3)34-7-5-32(20-36(34)46)64-22-28-12-16-63-38(19-28)57-58-39-29(9-13-56-40(39)41(59)60)23-65-33-6-8-35(37(47)21-33)27(4)43(62,45(51,52)53)31-11-15-55-25(2)18-31/h5-15,17-21,26-27,61-62H,16,22-23H2,1-4H3,(H,59,60). The molecule has 342 valence electrons. The summed E-state index contributed by atoms with van der Waals surface area (Å²) in [6.07, 6.45) is -3.48. The van der Waals surface area contributed by atoms with E-state index in [0.29, 0.717) is 5.57 Å². The third-order valence-electron chi connectivity index (χ3n) is 10.8. The van der Waals surface area contributed by atoms with Crippen molar-refractivity contribution in [3.05, 3.63) is 164 Å². The van der Waals surface area contributed by atoms with E-state index in [-0.39, 0.29) is 86.6 Å². The van der Waals surface area contributed by atoms with E-state index in [0.717, 1.165) is 24.3 Å². The Bertz CT molecular complexity index is 2680. The number of aryl methyl sites for hydroxylation is 2. The quantitative estimate of drug-likeness (QED) is 0.0678. The van der Waals surface area contributed by atoms with Crippen molar-refractivity contribution in [3.8, 4) is 11.5 Å². The molecule has 4 atom stereocenters. The molecule has 65 heavy (non-hydrogen) atoms. The number of nitrogens with zero attached hydrogens (tertiary/aromatic N) is 5. The fourth-order valence-electron chi connectivity index (χ4n) is 7.19. The summed E-state index contributed by atoms with van der Waals surface area (Å²) < 4.78 is 104. The smallest absolute Gasteiger partial charge is 0.422 e. The SMILES string of the molecule is Cc1cc(C(O)(C(C)c2ccc(OCC3=CCOC(N=Nc4c(COc5ccc(C(C)C(O)(c6ccnc(C)c6)C(F)(F)F)c(Cl)c5)ccnc4C(=O)O)=C3)cc2Cl)C(F)(F)F)ccn1. The van der Waals surface area contributed by atoms with Crippen LogP contribution in [0, 0.1) is 13.8 Å². The summed E-state index contributed by atoms with van der Waals surface area (Å²) >= 11 is 13.0. The largest absolute Gasteiger partial charge is 0.489 e. The van der Waals surface area contributed by atoms with Gasteiger partial charge in [0.1, 0.15) is 37.0 Å². The van der Waals surface area contributed by atoms with Gasteiger partial charge in [0.15, 0.2) is 16.9 Å². The summed E-state index contributed by atoms with van der Waals surface area (Å²) in [7, 11) is 0. The van der Waals surface area contributed by atoms with Gasteiger partial charge in [-0.25, -0.2) is 9.78 Å². The zero-order valence-electron chi connectivity index (χ0n) is 34.7. The highest BCUT2D eigenvalue weighted by Crippen LogP contribution is 2.51. The number of rotatable bonds is 15. The van der Waals surface area contributed by atoms with Crippen LogP contribution >= 0.6 is 23.2 Å². The number of benzene rings is 2. The van der Waals surface area contributed by atoms with Gasteiger partial charge in [-0.15, -0.1) is 10.2 Å². The molecule has 0 spiro atoms. The molecule has 5 aromatic rings. The Balaban J connectivity index is 1.15. The van der Waals surface area contributed by atoms with Crippen LogP contribution in [0.1, 0.15) is 75.4 Å². The Morgan fingerprint density at radius 1 is 0.738 bits per heavy atom. The number of azo groups is 1. The zero-order valence-corrected chi connectivity index (χ0v) is 36.3. The minimum absolute atomic E-state index is 0.0119. The maximum absolute atomic E-state index is 14.5. The van der Waals surface area contributed by atoms with Crippen LogP contribution < -0.4 is 9.47 Å². The lowest BCUT2D eigenvalue weighted by molar-refractivity contribution is -0.274. The monoisotopic (exact) mass is 945 g/mol. The van der Waals surface area contributed by atoms with E-state index < -0.39 is 52.6 Å². The Labute approximate surface area is 377 Å². The Hall–Kier alpha value is -6.08. The molecule has 0 aliphatic carbocycles. The van der Waals surface area contributed by atoms with Gasteiger partial charge in [-0.1, -0.05) is 49.2 Å². The van der Waals surface area contributed by atoms with Crippen molar-refractivity contribution < 1.29 is 60.7 Å². The van der Waals surface area contributed by atoms with E-state index in [1.54, 1.807) is 6.08 Å². The molecule has 0 amide bonds. The molecule has 4 heterocycles. The second-order valence-electron chi connectivity index (χ2n) is 15.0. The van der Waals surface area contributed by atoms with Gasteiger partial charge in [0, 0.05) is 63.5 Å². The highest BCUT2D eigenvalue weighted by molar-refractivity contribution is 6.32. The highest BCUT2D eigenvalue weighted by Gasteiger charge is 2.60. The third-order valence-corrected chi connectivity index (χ3v) is 11.5. The first kappa shape index (κ1) is 48.4. The lowest BCUT2D eigenvalue weighted by Gasteiger charge is -2.37. The van der Waals surface area contributed by atoms with Crippen LogP contribution in [0.5, 0.6) is 11.5 Å². The lowest BCUT2D eigenvalue weighted by Crippen LogP contribution is -2.46. The second kappa shape index (κ2) is 19.2. The minimum Gasteiger partial charge on any atom is -0.489 e. The molecule has 12 nitrogen and oxygen atoms in total. The number of hydrogen-bond donors (Lipinski definition) is 3. The molecule has 3 N–H and O–H groups in total. The summed E-state index contributed by atoms with van der Waals surface area (Å²) in [6.45, 7) is 5.03. The number of aromatic carboxylic acids is 1. The van der Waals surface area contributed by atoms with E-state index in [1.165, 1.54) is 94.8 Å². The first-order chi connectivity index (χ1) is 30.5. The second-order valence-corrected chi connectivity index (χ2v) is 15.8. The van der Waals surface area contributed by atoms with Crippen molar-refractivity contribution in [2.75, 3.05) is 13.2 Å². The van der Waals surface area contributed by atoms with E-state index in [2.05, 4.69) is 25.2 Å². The van der Waals surface area contributed by atoms with Crippen LogP contribution in [0.3, 0.4) is 0 Å². The summed E-state index contributed by atoms with van der Waals surface area (Å²) in [5.41, 5.74) is -6.80. The lowest BCUT2D eigenvalue weighted by atomic mass is 9.78. The van der Waals surface area contributed by atoms with Gasteiger partial charge >= 0.3 is 18.3 Å².